The molecule has 2 aromatic carbocycles. The Morgan fingerprint density at radius 1 is 1.22 bits per heavy atom. The number of aromatic nitrogens is 1. The highest BCUT2D eigenvalue weighted by molar-refractivity contribution is 6.38. The van der Waals surface area contributed by atoms with Crippen LogP contribution in [0.1, 0.15) is 29.0 Å². The smallest absolute Gasteiger partial charge is 0.269 e. The van der Waals surface area contributed by atoms with Gasteiger partial charge in [0.15, 0.2) is 0 Å². The molecule has 0 saturated carbocycles. The molecule has 0 radical (unpaired) electrons. The molecule has 118 valence electrons. The Labute approximate surface area is 136 Å². The van der Waals surface area contributed by atoms with Crippen LogP contribution in [0.5, 0.6) is 0 Å². The Morgan fingerprint density at radius 3 is 2.70 bits per heavy atom. The average Bonchev–Trinajstić information content (AvgIpc) is 2.84. The molecule has 2 N–H and O–H groups in total. The van der Waals surface area contributed by atoms with Gasteiger partial charge in [0.1, 0.15) is 17.3 Å². The molecule has 1 amide bonds. The summed E-state index contributed by atoms with van der Waals surface area (Å²) in [5.41, 5.74) is 1.05. The van der Waals surface area contributed by atoms with E-state index < -0.39 is 23.6 Å². The molecule has 6 heteroatoms. The third-order valence-electron chi connectivity index (χ3n) is 3.64. The molecule has 3 nitrogen and oxygen atoms in total. The van der Waals surface area contributed by atoms with E-state index in [9.17, 15) is 13.6 Å². The Bertz CT molecular complexity index is 891. The Morgan fingerprint density at radius 2 is 1.96 bits per heavy atom. The number of benzene rings is 2. The highest BCUT2D eigenvalue weighted by atomic mass is 35.5. The predicted octanol–water partition coefficient (Wildman–Crippen LogP) is 4.59. The number of H-pyrrole nitrogens is 1. The van der Waals surface area contributed by atoms with Gasteiger partial charge < -0.3 is 10.3 Å². The lowest BCUT2D eigenvalue weighted by atomic mass is 10.1. The molecule has 3 aromatic rings. The standard InChI is InChI=1S/C17H13ClF2N2O/c1-9(11-4-2-3-5-13(11)20)21-17(23)16-15(18)12-8-10(19)6-7-14(12)22-16/h2-9,22H,1H3,(H,21,23)/t9-/m1/s1. The first-order valence-corrected chi connectivity index (χ1v) is 7.37. The summed E-state index contributed by atoms with van der Waals surface area (Å²) in [6.45, 7) is 1.67. The summed E-state index contributed by atoms with van der Waals surface area (Å²) in [4.78, 5) is 15.2. The molecule has 3 rings (SSSR count). The van der Waals surface area contributed by atoms with Crippen LogP contribution in [0.3, 0.4) is 0 Å². The van der Waals surface area contributed by atoms with Gasteiger partial charge >= 0.3 is 0 Å². The predicted molar refractivity (Wildman–Crippen MR) is 85.5 cm³/mol. The maximum Gasteiger partial charge on any atom is 0.269 e. The number of hydrogen-bond donors (Lipinski definition) is 2. The molecule has 0 aliphatic rings. The lowest BCUT2D eigenvalue weighted by molar-refractivity contribution is 0.0935. The number of halogens is 3. The summed E-state index contributed by atoms with van der Waals surface area (Å²) < 4.78 is 27.0. The van der Waals surface area contributed by atoms with Crippen molar-refractivity contribution in [2.45, 2.75) is 13.0 Å². The van der Waals surface area contributed by atoms with Crippen molar-refractivity contribution in [1.29, 1.82) is 0 Å². The van der Waals surface area contributed by atoms with Crippen molar-refractivity contribution in [3.05, 3.63) is 70.4 Å². The number of hydrogen-bond acceptors (Lipinski definition) is 1. The molecule has 0 aliphatic heterocycles. The fraction of sp³-hybridized carbons (Fsp3) is 0.118. The monoisotopic (exact) mass is 334 g/mol. The minimum Gasteiger partial charge on any atom is -0.349 e. The fourth-order valence-electron chi connectivity index (χ4n) is 2.46. The normalized spacial score (nSPS) is 12.3. The van der Waals surface area contributed by atoms with E-state index in [0.717, 1.165) is 0 Å². The fourth-order valence-corrected chi connectivity index (χ4v) is 2.75. The van der Waals surface area contributed by atoms with E-state index in [-0.39, 0.29) is 10.7 Å². The number of carbonyl (C=O) groups excluding carboxylic acids is 1. The molecule has 1 aromatic heterocycles. The first-order chi connectivity index (χ1) is 11.0. The van der Waals surface area contributed by atoms with E-state index in [1.165, 1.54) is 24.3 Å². The van der Waals surface area contributed by atoms with Gasteiger partial charge in [0, 0.05) is 16.5 Å². The van der Waals surface area contributed by atoms with Gasteiger partial charge in [-0.2, -0.15) is 0 Å². The Balaban J connectivity index is 1.89. The minimum atomic E-state index is -0.539. The molecule has 1 atom stereocenters. The van der Waals surface area contributed by atoms with Gasteiger partial charge in [-0.05, 0) is 31.2 Å². The van der Waals surface area contributed by atoms with Crippen LogP contribution in [0.25, 0.3) is 10.9 Å². The van der Waals surface area contributed by atoms with E-state index in [2.05, 4.69) is 10.3 Å². The second kappa shape index (κ2) is 6.01. The lowest BCUT2D eigenvalue weighted by Gasteiger charge is -2.14. The Hall–Kier alpha value is -2.40. The second-order valence-corrected chi connectivity index (χ2v) is 5.60. The molecular formula is C17H13ClF2N2O. The Kier molecular flexibility index (Phi) is 4.05. The number of carbonyl (C=O) groups is 1. The van der Waals surface area contributed by atoms with Crippen LogP contribution < -0.4 is 5.32 Å². The summed E-state index contributed by atoms with van der Waals surface area (Å²) in [6.07, 6.45) is 0. The van der Waals surface area contributed by atoms with Crippen LogP contribution in [0.4, 0.5) is 8.78 Å². The molecule has 0 bridgehead atoms. The van der Waals surface area contributed by atoms with Gasteiger partial charge in [0.25, 0.3) is 5.91 Å². The van der Waals surface area contributed by atoms with Crippen LogP contribution in [-0.2, 0) is 0 Å². The topological polar surface area (TPSA) is 44.9 Å². The van der Waals surface area contributed by atoms with Gasteiger partial charge in [-0.1, -0.05) is 29.8 Å². The van der Waals surface area contributed by atoms with Crippen LogP contribution >= 0.6 is 11.6 Å². The van der Waals surface area contributed by atoms with Gasteiger partial charge in [0.2, 0.25) is 0 Å². The molecular weight excluding hydrogens is 322 g/mol. The van der Waals surface area contributed by atoms with E-state index in [4.69, 9.17) is 11.6 Å². The third kappa shape index (κ3) is 2.92. The first kappa shape index (κ1) is 15.5. The number of amides is 1. The van der Waals surface area contributed by atoms with Crippen molar-refractivity contribution in [1.82, 2.24) is 10.3 Å². The molecule has 0 aliphatic carbocycles. The van der Waals surface area contributed by atoms with E-state index >= 15 is 0 Å². The third-order valence-corrected chi connectivity index (χ3v) is 4.04. The maximum absolute atomic E-state index is 13.8. The van der Waals surface area contributed by atoms with Crippen LogP contribution in [0.15, 0.2) is 42.5 Å². The van der Waals surface area contributed by atoms with Gasteiger partial charge in [-0.25, -0.2) is 8.78 Å². The highest BCUT2D eigenvalue weighted by Crippen LogP contribution is 2.28. The number of fused-ring (bicyclic) bond motifs is 1. The minimum absolute atomic E-state index is 0.121. The van der Waals surface area contributed by atoms with E-state index in [1.54, 1.807) is 25.1 Å². The van der Waals surface area contributed by atoms with Gasteiger partial charge in [-0.15, -0.1) is 0 Å². The SMILES string of the molecule is C[C@@H](NC(=O)c1[nH]c2ccc(F)cc2c1Cl)c1ccccc1F. The highest BCUT2D eigenvalue weighted by Gasteiger charge is 2.20. The zero-order chi connectivity index (χ0) is 16.6. The molecule has 23 heavy (non-hydrogen) atoms. The summed E-state index contributed by atoms with van der Waals surface area (Å²) in [5, 5.41) is 3.24. The van der Waals surface area contributed by atoms with Crippen molar-refractivity contribution in [3.63, 3.8) is 0 Å². The van der Waals surface area contributed by atoms with Gasteiger partial charge in [-0.3, -0.25) is 4.79 Å². The zero-order valence-electron chi connectivity index (χ0n) is 12.2. The van der Waals surface area contributed by atoms with Crippen LogP contribution in [-0.4, -0.2) is 10.9 Å². The second-order valence-electron chi connectivity index (χ2n) is 5.22. The van der Waals surface area contributed by atoms with Crippen molar-refractivity contribution in [3.8, 4) is 0 Å². The number of nitrogens with one attached hydrogen (secondary N) is 2. The van der Waals surface area contributed by atoms with E-state index in [1.807, 2.05) is 0 Å². The first-order valence-electron chi connectivity index (χ1n) is 6.99. The summed E-state index contributed by atoms with van der Waals surface area (Å²) in [5.74, 6) is -1.32. The number of rotatable bonds is 3. The van der Waals surface area contributed by atoms with Crippen LogP contribution in [0.2, 0.25) is 5.02 Å². The summed E-state index contributed by atoms with van der Waals surface area (Å²) >= 11 is 6.15. The molecule has 1 heterocycles. The quantitative estimate of drug-likeness (QED) is 0.723. The molecule has 0 fully saturated rings. The summed E-state index contributed by atoms with van der Waals surface area (Å²) in [6, 6.07) is 9.70. The largest absolute Gasteiger partial charge is 0.349 e. The summed E-state index contributed by atoms with van der Waals surface area (Å²) in [7, 11) is 0. The van der Waals surface area contributed by atoms with Gasteiger partial charge in [0.05, 0.1) is 11.1 Å². The zero-order valence-corrected chi connectivity index (χ0v) is 12.9. The average molecular weight is 335 g/mol. The molecule has 0 unspecified atom stereocenters. The van der Waals surface area contributed by atoms with Crippen molar-refractivity contribution in [2.75, 3.05) is 0 Å². The molecule has 0 spiro atoms. The maximum atomic E-state index is 13.8. The van der Waals surface area contributed by atoms with Crippen molar-refractivity contribution >= 4 is 28.4 Å². The molecule has 0 saturated heterocycles. The van der Waals surface area contributed by atoms with Crippen LogP contribution in [0, 0.1) is 11.6 Å². The number of aromatic amines is 1. The van der Waals surface area contributed by atoms with E-state index in [0.29, 0.717) is 16.5 Å². The van der Waals surface area contributed by atoms with Crippen molar-refractivity contribution in [2.24, 2.45) is 0 Å². The van der Waals surface area contributed by atoms with Crippen molar-refractivity contribution < 1.29 is 13.6 Å². The lowest BCUT2D eigenvalue weighted by Crippen LogP contribution is -2.27.